The molecule has 0 bridgehead atoms. The van der Waals surface area contributed by atoms with Crippen molar-refractivity contribution in [2.24, 2.45) is 0 Å². The molecule has 0 radical (unpaired) electrons. The molecule has 0 unspecified atom stereocenters. The summed E-state index contributed by atoms with van der Waals surface area (Å²) in [5.41, 5.74) is 0.298. The topological polar surface area (TPSA) is 66.9 Å². The zero-order chi connectivity index (χ0) is 29.6. The van der Waals surface area contributed by atoms with Crippen molar-refractivity contribution in [1.82, 2.24) is 4.90 Å². The maximum atomic E-state index is 14.9. The zero-order valence-electron chi connectivity index (χ0n) is 21.9. The van der Waals surface area contributed by atoms with Crippen molar-refractivity contribution in [3.63, 3.8) is 0 Å². The molecule has 0 N–H and O–H groups in total. The molecule has 0 aliphatic rings. The van der Waals surface area contributed by atoms with E-state index in [0.717, 1.165) is 22.5 Å². The molecule has 6 nitrogen and oxygen atoms in total. The maximum Gasteiger partial charge on any atom is 0.264 e. The van der Waals surface area contributed by atoms with Crippen molar-refractivity contribution < 1.29 is 31.1 Å². The minimum atomic E-state index is -4.36. The van der Waals surface area contributed by atoms with Gasteiger partial charge < -0.3 is 9.64 Å². The van der Waals surface area contributed by atoms with Crippen molar-refractivity contribution in [2.75, 3.05) is 24.5 Å². The van der Waals surface area contributed by atoms with Crippen LogP contribution in [0.3, 0.4) is 0 Å². The fraction of sp³-hybridized carbons (Fsp3) is 0.167. The van der Waals surface area contributed by atoms with Crippen LogP contribution in [0.1, 0.15) is 22.3 Å². The van der Waals surface area contributed by atoms with Crippen molar-refractivity contribution >= 4 is 33.2 Å². The van der Waals surface area contributed by atoms with E-state index in [4.69, 9.17) is 16.3 Å². The van der Waals surface area contributed by atoms with Crippen LogP contribution >= 0.6 is 11.6 Å². The van der Waals surface area contributed by atoms with E-state index in [1.807, 2.05) is 0 Å². The Morgan fingerprint density at radius 2 is 1.54 bits per heavy atom. The average molecular weight is 603 g/mol. The smallest absolute Gasteiger partial charge is 0.264 e. The standard InChI is InChI=1S/C30H26ClF3N2O4S/c1-35(30(37)21-7-11-24(32)12-8-21)17-4-18-40-29-6-3-2-5-22(29)20-36(28-19-25(33)13-16-27(28)34)41(38,39)26-14-9-23(31)10-15-26/h2-3,5-16,19H,4,17-18,20H2,1H3. The van der Waals surface area contributed by atoms with Gasteiger partial charge in [0.15, 0.2) is 0 Å². The zero-order valence-corrected chi connectivity index (χ0v) is 23.5. The first-order chi connectivity index (χ1) is 19.6. The Morgan fingerprint density at radius 3 is 2.24 bits per heavy atom. The SMILES string of the molecule is CN(CCCOc1ccccc1CN(c1cc(F)ccc1F)S(=O)(=O)c1ccc(Cl)cc1)C(=O)c1ccc(F)cc1. The van der Waals surface area contributed by atoms with Gasteiger partial charge in [0.05, 0.1) is 23.7 Å². The number of benzene rings is 4. The van der Waals surface area contributed by atoms with Gasteiger partial charge in [0.1, 0.15) is 23.2 Å². The number of anilines is 1. The first-order valence-electron chi connectivity index (χ1n) is 12.5. The molecule has 0 atom stereocenters. The number of carbonyl (C=O) groups is 1. The highest BCUT2D eigenvalue weighted by molar-refractivity contribution is 7.92. The third-order valence-corrected chi connectivity index (χ3v) is 8.22. The van der Waals surface area contributed by atoms with Crippen molar-refractivity contribution in [3.05, 3.63) is 125 Å². The first kappa shape index (κ1) is 30.0. The Labute approximate surface area is 241 Å². The van der Waals surface area contributed by atoms with Gasteiger partial charge in [-0.3, -0.25) is 9.10 Å². The summed E-state index contributed by atoms with van der Waals surface area (Å²) >= 11 is 5.92. The molecule has 41 heavy (non-hydrogen) atoms. The van der Waals surface area contributed by atoms with Crippen molar-refractivity contribution in [1.29, 1.82) is 0 Å². The summed E-state index contributed by atoms with van der Waals surface area (Å²) < 4.78 is 76.2. The molecule has 0 fully saturated rings. The van der Waals surface area contributed by atoms with Crippen LogP contribution < -0.4 is 9.04 Å². The molecule has 214 valence electrons. The molecule has 0 saturated heterocycles. The van der Waals surface area contributed by atoms with Gasteiger partial charge in [-0.15, -0.1) is 0 Å². The Hall–Kier alpha value is -4.02. The van der Waals surface area contributed by atoms with Crippen LogP contribution in [0.5, 0.6) is 5.75 Å². The van der Waals surface area contributed by atoms with E-state index in [9.17, 15) is 26.4 Å². The first-order valence-corrected chi connectivity index (χ1v) is 14.3. The third kappa shape index (κ3) is 7.39. The molecule has 0 aliphatic carbocycles. The second kappa shape index (κ2) is 13.1. The molecule has 0 spiro atoms. The number of ether oxygens (including phenoxy) is 1. The van der Waals surface area contributed by atoms with Crippen LogP contribution in [0.4, 0.5) is 18.9 Å². The molecular weight excluding hydrogens is 577 g/mol. The van der Waals surface area contributed by atoms with Gasteiger partial charge in [-0.1, -0.05) is 29.8 Å². The molecule has 4 rings (SSSR count). The van der Waals surface area contributed by atoms with Crippen molar-refractivity contribution in [2.45, 2.75) is 17.9 Å². The van der Waals surface area contributed by atoms with Crippen LogP contribution in [-0.4, -0.2) is 39.4 Å². The van der Waals surface area contributed by atoms with E-state index in [1.165, 1.54) is 53.4 Å². The summed E-state index contributed by atoms with van der Waals surface area (Å²) in [6, 6.07) is 19.8. The van der Waals surface area contributed by atoms with Gasteiger partial charge in [-0.05, 0) is 73.2 Å². The van der Waals surface area contributed by atoms with Gasteiger partial charge in [0.25, 0.3) is 15.9 Å². The highest BCUT2D eigenvalue weighted by atomic mass is 35.5. The largest absolute Gasteiger partial charge is 0.493 e. The van der Waals surface area contributed by atoms with Gasteiger partial charge in [0.2, 0.25) is 0 Å². The highest BCUT2D eigenvalue weighted by Crippen LogP contribution is 2.32. The molecule has 4 aromatic carbocycles. The Kier molecular flexibility index (Phi) is 9.57. The summed E-state index contributed by atoms with van der Waals surface area (Å²) in [6.07, 6.45) is 0.434. The lowest BCUT2D eigenvalue weighted by Gasteiger charge is -2.26. The van der Waals surface area contributed by atoms with E-state index in [-0.39, 0.29) is 24.0 Å². The number of hydrogen-bond acceptors (Lipinski definition) is 4. The van der Waals surface area contributed by atoms with Gasteiger partial charge >= 0.3 is 0 Å². The van der Waals surface area contributed by atoms with Gasteiger partial charge in [-0.2, -0.15) is 0 Å². The molecular formula is C30H26ClF3N2O4S. The van der Waals surface area contributed by atoms with Crippen LogP contribution in [0.15, 0.2) is 95.9 Å². The van der Waals surface area contributed by atoms with Gasteiger partial charge in [0, 0.05) is 35.8 Å². The molecule has 1 amide bonds. The van der Waals surface area contributed by atoms with E-state index >= 15 is 0 Å². The number of carbonyl (C=O) groups excluding carboxylic acids is 1. The van der Waals surface area contributed by atoms with E-state index < -0.39 is 33.2 Å². The van der Waals surface area contributed by atoms with Gasteiger partial charge in [-0.25, -0.2) is 21.6 Å². The van der Waals surface area contributed by atoms with Crippen molar-refractivity contribution in [3.8, 4) is 5.75 Å². The normalized spacial score (nSPS) is 11.2. The average Bonchev–Trinajstić information content (AvgIpc) is 2.96. The molecule has 0 saturated carbocycles. The Bertz CT molecular complexity index is 1620. The lowest BCUT2D eigenvalue weighted by atomic mass is 10.2. The number of hydrogen-bond donors (Lipinski definition) is 0. The molecule has 0 aromatic heterocycles. The molecule has 0 aliphatic heterocycles. The number of para-hydroxylation sites is 1. The Morgan fingerprint density at radius 1 is 0.878 bits per heavy atom. The van der Waals surface area contributed by atoms with E-state index in [1.54, 1.807) is 31.3 Å². The second-order valence-corrected chi connectivity index (χ2v) is 11.4. The minimum Gasteiger partial charge on any atom is -0.493 e. The summed E-state index contributed by atoms with van der Waals surface area (Å²) in [6.45, 7) is 0.157. The predicted octanol–water partition coefficient (Wildman–Crippen LogP) is 6.69. The molecule has 0 heterocycles. The third-order valence-electron chi connectivity index (χ3n) is 6.20. The van der Waals surface area contributed by atoms with Crippen LogP contribution in [0.25, 0.3) is 0 Å². The Balaban J connectivity index is 1.52. The maximum absolute atomic E-state index is 14.9. The highest BCUT2D eigenvalue weighted by Gasteiger charge is 2.29. The minimum absolute atomic E-state index is 0.155. The van der Waals surface area contributed by atoms with Crippen LogP contribution in [0, 0.1) is 17.5 Å². The molecule has 4 aromatic rings. The number of halogens is 4. The fourth-order valence-electron chi connectivity index (χ4n) is 4.04. The quantitative estimate of drug-likeness (QED) is 0.179. The molecule has 11 heteroatoms. The number of nitrogens with zero attached hydrogens (tertiary/aromatic N) is 2. The lowest BCUT2D eigenvalue weighted by molar-refractivity contribution is 0.0787. The summed E-state index contributed by atoms with van der Waals surface area (Å²) in [7, 11) is -2.74. The van der Waals surface area contributed by atoms with Crippen LogP contribution in [0.2, 0.25) is 5.02 Å². The van der Waals surface area contributed by atoms with Crippen LogP contribution in [-0.2, 0) is 16.6 Å². The summed E-state index contributed by atoms with van der Waals surface area (Å²) in [5, 5.41) is 0.316. The number of amides is 1. The lowest BCUT2D eigenvalue weighted by Crippen LogP contribution is -2.31. The monoisotopic (exact) mass is 602 g/mol. The summed E-state index contributed by atoms with van der Waals surface area (Å²) in [4.78, 5) is 13.9. The van der Waals surface area contributed by atoms with E-state index in [2.05, 4.69) is 0 Å². The predicted molar refractivity (Wildman–Crippen MR) is 151 cm³/mol. The fourth-order valence-corrected chi connectivity index (χ4v) is 5.61. The number of sulfonamides is 1. The second-order valence-electron chi connectivity index (χ2n) is 9.10. The van der Waals surface area contributed by atoms with E-state index in [0.29, 0.717) is 34.9 Å². The number of rotatable bonds is 11. The summed E-state index contributed by atoms with van der Waals surface area (Å²) in [5.74, 6) is -2.09.